The highest BCUT2D eigenvalue weighted by Gasteiger charge is 2.41. The number of carbonyl (C=O) groups is 1. The first-order valence-electron chi connectivity index (χ1n) is 14.8. The third-order valence-electron chi connectivity index (χ3n) is 9.07. The van der Waals surface area contributed by atoms with Crippen molar-refractivity contribution in [2.75, 3.05) is 50.4 Å². The van der Waals surface area contributed by atoms with Crippen molar-refractivity contribution in [3.63, 3.8) is 0 Å². The Kier molecular flexibility index (Phi) is 8.10. The van der Waals surface area contributed by atoms with Gasteiger partial charge in [0.1, 0.15) is 33.7 Å². The Labute approximate surface area is 260 Å². The Balaban J connectivity index is 1.34. The zero-order chi connectivity index (χ0) is 30.3. The molecule has 1 amide bonds. The number of ether oxygens (including phenoxy) is 1. The molecule has 0 unspecified atom stereocenters. The molecule has 226 valence electrons. The predicted octanol–water partition coefficient (Wildman–Crippen LogP) is 3.85. The molecule has 3 aromatic rings. The number of likely N-dealkylation sites (N-methyl/N-ethyl adjacent to an activating group) is 1. The smallest absolute Gasteiger partial charge is 0.319 e. The Bertz CT molecular complexity index is 1570. The Morgan fingerprint density at radius 3 is 2.74 bits per heavy atom. The van der Waals surface area contributed by atoms with Crippen LogP contribution < -0.4 is 15.4 Å². The van der Waals surface area contributed by atoms with Crippen LogP contribution in [0.2, 0.25) is 0 Å². The van der Waals surface area contributed by atoms with Gasteiger partial charge in [0.2, 0.25) is 5.91 Å². The summed E-state index contributed by atoms with van der Waals surface area (Å²) in [5.74, 6) is 1.17. The fourth-order valence-corrected chi connectivity index (χ4v) is 8.69. The Morgan fingerprint density at radius 2 is 2.05 bits per heavy atom. The third-order valence-corrected chi connectivity index (χ3v) is 11.1. The van der Waals surface area contributed by atoms with Gasteiger partial charge in [0.05, 0.1) is 5.56 Å². The van der Waals surface area contributed by atoms with E-state index < -0.39 is 5.41 Å². The summed E-state index contributed by atoms with van der Waals surface area (Å²) in [7, 11) is 2.13. The van der Waals surface area contributed by atoms with Gasteiger partial charge in [0, 0.05) is 48.6 Å². The lowest BCUT2D eigenvalue weighted by molar-refractivity contribution is -0.126. The minimum atomic E-state index is -0.451. The molecular weight excluding hydrogens is 583 g/mol. The molecule has 3 atom stereocenters. The van der Waals surface area contributed by atoms with Gasteiger partial charge in [-0.25, -0.2) is 4.98 Å². The highest BCUT2D eigenvalue weighted by molar-refractivity contribution is 7.16. The Hall–Kier alpha value is -3.60. The van der Waals surface area contributed by atoms with E-state index in [0.29, 0.717) is 60.3 Å². The first kappa shape index (κ1) is 29.5. The maximum absolute atomic E-state index is 12.2. The lowest BCUT2D eigenvalue weighted by Gasteiger charge is -2.35. The number of likely N-dealkylation sites (tertiary alicyclic amines) is 1. The monoisotopic (exact) mass is 619 g/mol. The number of aromatic nitrogens is 4. The molecule has 0 spiro atoms. The van der Waals surface area contributed by atoms with E-state index in [1.165, 1.54) is 33.8 Å². The average molecular weight is 620 g/mol. The molecule has 2 N–H and O–H groups in total. The molecule has 0 saturated carbocycles. The van der Waals surface area contributed by atoms with E-state index in [2.05, 4.69) is 43.3 Å². The number of piperazine rings is 1. The molecular formula is C30H37N9O2S2. The van der Waals surface area contributed by atoms with Gasteiger partial charge in [0.15, 0.2) is 5.82 Å². The number of amides is 1. The summed E-state index contributed by atoms with van der Waals surface area (Å²) in [5, 5.41) is 11.3. The van der Waals surface area contributed by atoms with Crippen molar-refractivity contribution in [2.24, 2.45) is 0 Å². The average Bonchev–Trinajstić information content (AvgIpc) is 3.75. The van der Waals surface area contributed by atoms with Crippen molar-refractivity contribution in [2.45, 2.75) is 63.5 Å². The van der Waals surface area contributed by atoms with E-state index in [4.69, 9.17) is 29.8 Å². The molecule has 0 bridgehead atoms. The highest BCUT2D eigenvalue weighted by Crippen LogP contribution is 2.49. The zero-order valence-electron chi connectivity index (χ0n) is 24.9. The Morgan fingerprint density at radius 1 is 1.26 bits per heavy atom. The van der Waals surface area contributed by atoms with Gasteiger partial charge in [-0.2, -0.15) is 19.6 Å². The van der Waals surface area contributed by atoms with Crippen molar-refractivity contribution < 1.29 is 9.53 Å². The summed E-state index contributed by atoms with van der Waals surface area (Å²) in [6, 6.07) is 4.84. The molecule has 2 saturated heterocycles. The molecule has 11 nitrogen and oxygen atoms in total. The van der Waals surface area contributed by atoms with Crippen molar-refractivity contribution >= 4 is 39.6 Å². The van der Waals surface area contributed by atoms with Crippen LogP contribution in [0.15, 0.2) is 18.7 Å². The number of nitrogen functional groups attached to an aromatic ring is 1. The lowest BCUT2D eigenvalue weighted by Crippen LogP contribution is -2.48. The second kappa shape index (κ2) is 11.8. The van der Waals surface area contributed by atoms with Gasteiger partial charge in [-0.05, 0) is 82.7 Å². The third kappa shape index (κ3) is 5.47. The van der Waals surface area contributed by atoms with Gasteiger partial charge in [-0.1, -0.05) is 6.58 Å². The van der Waals surface area contributed by atoms with Crippen LogP contribution in [0.25, 0.3) is 11.5 Å². The molecule has 43 heavy (non-hydrogen) atoms. The molecule has 2 aliphatic heterocycles. The van der Waals surface area contributed by atoms with Crippen LogP contribution in [-0.4, -0.2) is 86.9 Å². The van der Waals surface area contributed by atoms with Gasteiger partial charge < -0.3 is 20.3 Å². The van der Waals surface area contributed by atoms with Crippen LogP contribution >= 0.6 is 22.9 Å². The standard InChI is InChI=1S/C30H37N9O2S2/c1-5-24(40)39-14-12-38(13-15-39)23-16-20(33-29(34-23)41-18(2)21-8-7-11-37(21)4)27-35-28(43-36-27)30(3)10-6-9-22-25(30)19(17-31)26(32)42-22/h5,16,18,21H,1,6-15,32H2,2-4H3/t18-,21-,30-/m0/s1. The van der Waals surface area contributed by atoms with Crippen LogP contribution in [0, 0.1) is 11.3 Å². The van der Waals surface area contributed by atoms with Gasteiger partial charge in [-0.3, -0.25) is 9.69 Å². The van der Waals surface area contributed by atoms with E-state index in [0.717, 1.165) is 55.0 Å². The van der Waals surface area contributed by atoms with Crippen LogP contribution in [-0.2, 0) is 16.6 Å². The number of aryl methyl sites for hydroxylation is 1. The van der Waals surface area contributed by atoms with Crippen LogP contribution in [0.4, 0.5) is 10.8 Å². The number of nitrogens with zero attached hydrogens (tertiary/aromatic N) is 8. The summed E-state index contributed by atoms with van der Waals surface area (Å²) >= 11 is 2.86. The summed E-state index contributed by atoms with van der Waals surface area (Å²) in [6.45, 7) is 11.3. The van der Waals surface area contributed by atoms with Gasteiger partial charge in [0.25, 0.3) is 0 Å². The first-order chi connectivity index (χ1) is 20.7. The summed E-state index contributed by atoms with van der Waals surface area (Å²) < 4.78 is 11.2. The molecule has 0 aromatic carbocycles. The largest absolute Gasteiger partial charge is 0.459 e. The van der Waals surface area contributed by atoms with Crippen molar-refractivity contribution in [3.05, 3.63) is 39.7 Å². The summed E-state index contributed by atoms with van der Waals surface area (Å²) in [6.07, 6.45) is 6.25. The fraction of sp³-hybridized carbons (Fsp3) is 0.533. The number of hydrogen-bond acceptors (Lipinski definition) is 12. The SMILES string of the molecule is C=CC(=O)N1CCN(c2cc(-c3nsc([C@@]4(C)CCCc5sc(N)c(C#N)c54)n3)nc(O[C@@H](C)[C@@H]3CCCN3C)n2)CC1. The normalized spacial score (nSPS) is 23.1. The van der Waals surface area contributed by atoms with Crippen molar-refractivity contribution in [1.82, 2.24) is 29.1 Å². The second-order valence-corrected chi connectivity index (χ2v) is 13.7. The van der Waals surface area contributed by atoms with Crippen molar-refractivity contribution in [3.8, 4) is 23.6 Å². The lowest BCUT2D eigenvalue weighted by atomic mass is 9.73. The number of nitrogens with two attached hydrogens (primary N) is 1. The molecule has 2 fully saturated rings. The number of carbonyl (C=O) groups excluding carboxylic acids is 1. The number of thiophene rings is 1. The van der Waals surface area contributed by atoms with Gasteiger partial charge >= 0.3 is 6.01 Å². The predicted molar refractivity (Wildman–Crippen MR) is 169 cm³/mol. The topological polar surface area (TPSA) is 137 Å². The molecule has 5 heterocycles. The second-order valence-electron chi connectivity index (χ2n) is 11.8. The number of fused-ring (bicyclic) bond motifs is 1. The van der Waals surface area contributed by atoms with E-state index in [1.807, 2.05) is 6.07 Å². The number of hydrogen-bond donors (Lipinski definition) is 1. The van der Waals surface area contributed by atoms with Crippen LogP contribution in [0.1, 0.15) is 60.5 Å². The highest BCUT2D eigenvalue weighted by atomic mass is 32.1. The molecule has 3 aliphatic rings. The summed E-state index contributed by atoms with van der Waals surface area (Å²) in [4.78, 5) is 34.2. The summed E-state index contributed by atoms with van der Waals surface area (Å²) in [5.41, 5.74) is 7.96. The minimum absolute atomic E-state index is 0.0629. The minimum Gasteiger partial charge on any atom is -0.459 e. The van der Waals surface area contributed by atoms with E-state index >= 15 is 0 Å². The quantitative estimate of drug-likeness (QED) is 0.388. The van der Waals surface area contributed by atoms with Crippen LogP contribution in [0.3, 0.4) is 0 Å². The number of anilines is 2. The molecule has 3 aromatic heterocycles. The molecule has 1 aliphatic carbocycles. The zero-order valence-corrected chi connectivity index (χ0v) is 26.5. The number of rotatable bonds is 7. The first-order valence-corrected chi connectivity index (χ1v) is 16.4. The molecule has 6 rings (SSSR count). The molecule has 13 heteroatoms. The number of nitriles is 1. The van der Waals surface area contributed by atoms with Gasteiger partial charge in [-0.15, -0.1) is 11.3 Å². The molecule has 0 radical (unpaired) electrons. The van der Waals surface area contributed by atoms with Crippen LogP contribution in [0.5, 0.6) is 6.01 Å². The van der Waals surface area contributed by atoms with E-state index in [-0.39, 0.29) is 12.0 Å². The van der Waals surface area contributed by atoms with Crippen molar-refractivity contribution in [1.29, 1.82) is 5.26 Å². The fourth-order valence-electron chi connectivity index (χ4n) is 6.66. The maximum atomic E-state index is 12.2. The van der Waals surface area contributed by atoms with E-state index in [9.17, 15) is 10.1 Å². The van der Waals surface area contributed by atoms with E-state index in [1.54, 1.807) is 4.90 Å². The maximum Gasteiger partial charge on any atom is 0.319 e.